The lowest BCUT2D eigenvalue weighted by molar-refractivity contribution is -0.385. The van der Waals surface area contributed by atoms with E-state index >= 15 is 0 Å². The lowest BCUT2D eigenvalue weighted by Gasteiger charge is -2.23. The third-order valence-electron chi connectivity index (χ3n) is 10.3. The molecular weight excluding hydrogens is 996 g/mol. The van der Waals surface area contributed by atoms with Gasteiger partial charge in [-0.3, -0.25) is 20.2 Å². The van der Waals surface area contributed by atoms with E-state index in [0.717, 1.165) is 48.5 Å². The van der Waals surface area contributed by atoms with E-state index in [-0.39, 0.29) is 58.3 Å². The number of fused-ring (bicyclic) bond motifs is 8. The second-order valence-corrected chi connectivity index (χ2v) is 19.8. The summed E-state index contributed by atoms with van der Waals surface area (Å²) in [6.45, 7) is 4.56. The van der Waals surface area contributed by atoms with Gasteiger partial charge in [-0.05, 0) is 61.4 Å². The van der Waals surface area contributed by atoms with Crippen LogP contribution in [0.5, 0.6) is 23.0 Å². The number of nitro groups is 2. The fourth-order valence-corrected chi connectivity index (χ4v) is 10.5. The summed E-state index contributed by atoms with van der Waals surface area (Å²) >= 11 is 7.34. The number of hydrogen-bond donors (Lipinski definition) is 0. The van der Waals surface area contributed by atoms with Gasteiger partial charge < -0.3 is 17.8 Å². The predicted octanol–water partition coefficient (Wildman–Crippen LogP) is 10.8. The molecule has 0 amide bonds. The molecule has 0 saturated carbocycles. The summed E-state index contributed by atoms with van der Waals surface area (Å²) in [4.78, 5) is 21.0. The molecule has 14 nitrogen and oxygen atoms in total. The van der Waals surface area contributed by atoms with Crippen molar-refractivity contribution < 1.29 is 44.5 Å². The zero-order valence-electron chi connectivity index (χ0n) is 34.4. The maximum atomic E-state index is 14.1. The van der Waals surface area contributed by atoms with Crippen LogP contribution in [0.1, 0.15) is 71.2 Å². The SMILES string of the molecule is CCCOc1c2cc(Br)cc1Cc1cccc(c1OS(=O)(=O)c1ccc([N+](=O)[O-])cc1)Cc1cc(Br)cc(c1OCCC)Cc1cccc(c1OS(=O)(=O)c1ccc([N+](=O)[O-])cc1)C2. The van der Waals surface area contributed by atoms with Crippen molar-refractivity contribution in [2.75, 3.05) is 13.2 Å². The van der Waals surface area contributed by atoms with Gasteiger partial charge in [0.15, 0.2) is 0 Å². The minimum Gasteiger partial charge on any atom is -0.493 e. The normalized spacial score (nSPS) is 12.6. The Kier molecular flexibility index (Phi) is 14.1. The van der Waals surface area contributed by atoms with Gasteiger partial charge in [-0.15, -0.1) is 0 Å². The Morgan fingerprint density at radius 2 is 0.781 bits per heavy atom. The average molecular weight is 1040 g/mol. The number of benzene rings is 6. The summed E-state index contributed by atoms with van der Waals surface area (Å²) in [5.74, 6) is 1.11. The van der Waals surface area contributed by atoms with E-state index in [0.29, 0.717) is 91.0 Å². The lowest BCUT2D eigenvalue weighted by atomic mass is 9.91. The first-order chi connectivity index (χ1) is 30.6. The Morgan fingerprint density at radius 3 is 1.05 bits per heavy atom. The quantitative estimate of drug-likeness (QED) is 0.0570. The van der Waals surface area contributed by atoms with E-state index < -0.39 is 30.1 Å². The van der Waals surface area contributed by atoms with Crippen LogP contribution in [0.3, 0.4) is 0 Å². The van der Waals surface area contributed by atoms with Crippen LogP contribution in [-0.4, -0.2) is 39.9 Å². The number of para-hydroxylation sites is 2. The smallest absolute Gasteiger partial charge is 0.339 e. The number of ether oxygens (including phenoxy) is 2. The molecule has 0 N–H and O–H groups in total. The van der Waals surface area contributed by atoms with Crippen LogP contribution in [-0.2, 0) is 45.9 Å². The first-order valence-corrected chi connectivity index (χ1v) is 24.4. The number of rotatable bonds is 14. The molecule has 0 radical (unpaired) electrons. The van der Waals surface area contributed by atoms with Crippen molar-refractivity contribution in [3.8, 4) is 23.0 Å². The fourth-order valence-electron chi connectivity index (χ4n) is 7.38. The van der Waals surface area contributed by atoms with E-state index in [1.54, 1.807) is 24.3 Å². The maximum absolute atomic E-state index is 14.1. The van der Waals surface area contributed by atoms with Crippen molar-refractivity contribution in [1.82, 2.24) is 0 Å². The molecule has 0 unspecified atom stereocenters. The largest absolute Gasteiger partial charge is 0.493 e. The monoisotopic (exact) mass is 1030 g/mol. The van der Waals surface area contributed by atoms with Crippen LogP contribution in [0.25, 0.3) is 0 Å². The molecule has 6 aromatic carbocycles. The second kappa shape index (κ2) is 19.5. The third kappa shape index (κ3) is 10.4. The van der Waals surface area contributed by atoms with Crippen LogP contribution in [0, 0.1) is 20.2 Å². The predicted molar refractivity (Wildman–Crippen MR) is 246 cm³/mol. The molecule has 18 heteroatoms. The molecule has 0 fully saturated rings. The minimum absolute atomic E-state index is 0.0660. The maximum Gasteiger partial charge on any atom is 0.339 e. The van der Waals surface area contributed by atoms with E-state index in [1.807, 2.05) is 50.2 Å². The van der Waals surface area contributed by atoms with Crippen molar-refractivity contribution in [2.45, 2.75) is 62.2 Å². The van der Waals surface area contributed by atoms with Gasteiger partial charge in [-0.2, -0.15) is 16.8 Å². The Bertz CT molecular complexity index is 2690. The van der Waals surface area contributed by atoms with E-state index in [4.69, 9.17) is 17.8 Å². The summed E-state index contributed by atoms with van der Waals surface area (Å²) in [5, 5.41) is 22.8. The molecule has 0 atom stereocenters. The van der Waals surface area contributed by atoms with Gasteiger partial charge in [0.1, 0.15) is 32.8 Å². The number of halogens is 2. The molecule has 0 saturated heterocycles. The number of non-ortho nitro benzene ring substituents is 2. The molecule has 332 valence electrons. The number of hydrogen-bond acceptors (Lipinski definition) is 12. The second-order valence-electron chi connectivity index (χ2n) is 14.9. The van der Waals surface area contributed by atoms with Crippen LogP contribution < -0.4 is 17.8 Å². The molecule has 1 aliphatic rings. The zero-order chi connectivity index (χ0) is 45.8. The summed E-state index contributed by atoms with van der Waals surface area (Å²) in [5.41, 5.74) is 4.06. The first kappa shape index (κ1) is 46.2. The third-order valence-corrected chi connectivity index (χ3v) is 13.6. The minimum atomic E-state index is -4.55. The highest BCUT2D eigenvalue weighted by atomic mass is 79.9. The van der Waals surface area contributed by atoms with Gasteiger partial charge in [0.25, 0.3) is 11.4 Å². The van der Waals surface area contributed by atoms with Gasteiger partial charge in [-0.25, -0.2) is 0 Å². The summed E-state index contributed by atoms with van der Waals surface area (Å²) in [7, 11) is -9.09. The fraction of sp³-hybridized carbons (Fsp3) is 0.217. The Balaban J connectivity index is 1.46. The van der Waals surface area contributed by atoms with Crippen molar-refractivity contribution >= 4 is 63.5 Å². The van der Waals surface area contributed by atoms with Crippen LogP contribution in [0.4, 0.5) is 11.4 Å². The number of nitro benzene ring substituents is 2. The van der Waals surface area contributed by atoms with E-state index in [2.05, 4.69) is 31.9 Å². The van der Waals surface area contributed by atoms with Gasteiger partial charge in [-0.1, -0.05) is 82.1 Å². The van der Waals surface area contributed by atoms with Crippen LogP contribution in [0.2, 0.25) is 0 Å². The summed E-state index contributed by atoms with van der Waals surface area (Å²) in [6.07, 6.45) is 1.77. The standard InChI is InChI=1S/C46H40Br2N2O12S2/c1-3-19-59-43-33-21-29-7-5-9-31(45(29)61-63(55,56)41-15-11-39(12-16-41)49(51)52)23-35-27-38(48)28-36(44(35)60-20-4-2)24-32-10-6-8-30(22-34(43)26-37(47)25-33)46(32)62-64(57,58)42-17-13-40(14-18-42)50(53)54/h5-18,25-28H,3-4,19-24H2,1-2H3. The van der Waals surface area contributed by atoms with E-state index in [1.165, 1.54) is 0 Å². The zero-order valence-corrected chi connectivity index (χ0v) is 39.2. The van der Waals surface area contributed by atoms with Crippen LogP contribution >= 0.6 is 31.9 Å². The van der Waals surface area contributed by atoms with Crippen molar-refractivity contribution in [3.05, 3.63) is 183 Å². The van der Waals surface area contributed by atoms with Gasteiger partial charge in [0.05, 0.1) is 23.1 Å². The van der Waals surface area contributed by atoms with Crippen molar-refractivity contribution in [3.63, 3.8) is 0 Å². The number of nitrogens with zero attached hydrogens (tertiary/aromatic N) is 2. The average Bonchev–Trinajstić information content (AvgIpc) is 3.25. The highest BCUT2D eigenvalue weighted by Crippen LogP contribution is 2.42. The summed E-state index contributed by atoms with van der Waals surface area (Å²) in [6, 6.07) is 27.1. The highest BCUT2D eigenvalue weighted by Gasteiger charge is 2.28. The summed E-state index contributed by atoms with van der Waals surface area (Å²) < 4.78 is 82.8. The van der Waals surface area contributed by atoms with Gasteiger partial charge >= 0.3 is 20.2 Å². The van der Waals surface area contributed by atoms with Gasteiger partial charge in [0.2, 0.25) is 0 Å². The molecule has 64 heavy (non-hydrogen) atoms. The highest BCUT2D eigenvalue weighted by molar-refractivity contribution is 9.10. The lowest BCUT2D eigenvalue weighted by Crippen LogP contribution is -2.15. The molecule has 0 aliphatic heterocycles. The molecule has 0 spiro atoms. The van der Waals surface area contributed by atoms with E-state index in [9.17, 15) is 37.1 Å². The Hall–Kier alpha value is -5.82. The van der Waals surface area contributed by atoms with Crippen molar-refractivity contribution in [2.24, 2.45) is 0 Å². The van der Waals surface area contributed by atoms with Crippen molar-refractivity contribution in [1.29, 1.82) is 0 Å². The van der Waals surface area contributed by atoms with Gasteiger partial charge in [0, 0.05) is 103 Å². The topological polar surface area (TPSA) is 191 Å². The Labute approximate surface area is 387 Å². The Morgan fingerprint density at radius 1 is 0.484 bits per heavy atom. The molecule has 0 aromatic heterocycles. The molecule has 0 heterocycles. The molecule has 1 aliphatic carbocycles. The molecule has 7 rings (SSSR count). The van der Waals surface area contributed by atoms with Crippen LogP contribution in [0.15, 0.2) is 128 Å². The molecule has 8 bridgehead atoms. The first-order valence-electron chi connectivity index (χ1n) is 20.0. The molecule has 6 aromatic rings. The molecular formula is C46H40Br2N2O12S2.